The third kappa shape index (κ3) is 5.59. The van der Waals surface area contributed by atoms with Crippen molar-refractivity contribution in [2.24, 2.45) is 5.41 Å². The van der Waals surface area contributed by atoms with Gasteiger partial charge in [0.1, 0.15) is 12.4 Å². The molecule has 0 saturated carbocycles. The quantitative estimate of drug-likeness (QED) is 0.772. The Kier molecular flexibility index (Phi) is 6.74. The van der Waals surface area contributed by atoms with Crippen molar-refractivity contribution in [2.45, 2.75) is 45.7 Å². The van der Waals surface area contributed by atoms with Gasteiger partial charge >= 0.3 is 0 Å². The Morgan fingerprint density at radius 2 is 1.79 bits per heavy atom. The van der Waals surface area contributed by atoms with Gasteiger partial charge < -0.3 is 10.1 Å². The fourth-order valence-corrected chi connectivity index (χ4v) is 3.81. The first kappa shape index (κ1) is 20.4. The van der Waals surface area contributed by atoms with Crippen LogP contribution in [0.25, 0.3) is 0 Å². The Hall–Kier alpha value is -2.33. The fraction of sp³-hybridized carbons (Fsp3) is 0.458. The average molecular weight is 381 g/mol. The van der Waals surface area contributed by atoms with E-state index in [1.165, 1.54) is 0 Å². The summed E-state index contributed by atoms with van der Waals surface area (Å²) in [5.74, 6) is 0.988. The highest BCUT2D eigenvalue weighted by Gasteiger charge is 2.37. The predicted octanol–water partition coefficient (Wildman–Crippen LogP) is 4.43. The van der Waals surface area contributed by atoms with E-state index in [0.29, 0.717) is 6.61 Å². The normalized spacial score (nSPS) is 20.3. The summed E-state index contributed by atoms with van der Waals surface area (Å²) >= 11 is 0. The SMILES string of the molecule is CC(NC(=O)[C@H]1CC(C)(C)CCN1CCOc1ccccc1)c1ccccc1. The van der Waals surface area contributed by atoms with Crippen LogP contribution in [0.2, 0.25) is 0 Å². The Morgan fingerprint density at radius 3 is 2.46 bits per heavy atom. The number of nitrogens with zero attached hydrogens (tertiary/aromatic N) is 1. The molecule has 3 rings (SSSR count). The highest BCUT2D eigenvalue weighted by molar-refractivity contribution is 5.82. The lowest BCUT2D eigenvalue weighted by atomic mass is 9.78. The number of hydrogen-bond acceptors (Lipinski definition) is 3. The van der Waals surface area contributed by atoms with Gasteiger partial charge in [-0.2, -0.15) is 0 Å². The smallest absolute Gasteiger partial charge is 0.237 e. The molecule has 28 heavy (non-hydrogen) atoms. The molecule has 4 nitrogen and oxygen atoms in total. The monoisotopic (exact) mass is 380 g/mol. The first-order valence-electron chi connectivity index (χ1n) is 10.2. The lowest BCUT2D eigenvalue weighted by Gasteiger charge is -2.42. The van der Waals surface area contributed by atoms with E-state index in [4.69, 9.17) is 4.74 Å². The molecule has 1 unspecified atom stereocenters. The highest BCUT2D eigenvalue weighted by atomic mass is 16.5. The van der Waals surface area contributed by atoms with Crippen LogP contribution in [-0.2, 0) is 4.79 Å². The topological polar surface area (TPSA) is 41.6 Å². The minimum Gasteiger partial charge on any atom is -0.492 e. The lowest BCUT2D eigenvalue weighted by molar-refractivity contribution is -0.130. The maximum Gasteiger partial charge on any atom is 0.237 e. The lowest BCUT2D eigenvalue weighted by Crippen LogP contribution is -2.54. The molecule has 1 saturated heterocycles. The van der Waals surface area contributed by atoms with Crippen LogP contribution >= 0.6 is 0 Å². The van der Waals surface area contributed by atoms with Crippen molar-refractivity contribution in [3.63, 3.8) is 0 Å². The van der Waals surface area contributed by atoms with Crippen molar-refractivity contribution in [1.29, 1.82) is 0 Å². The van der Waals surface area contributed by atoms with Gasteiger partial charge in [0.05, 0.1) is 12.1 Å². The van der Waals surface area contributed by atoms with Gasteiger partial charge in [-0.1, -0.05) is 62.4 Å². The zero-order chi connectivity index (χ0) is 20.0. The van der Waals surface area contributed by atoms with E-state index in [1.807, 2.05) is 55.5 Å². The molecule has 0 aromatic heterocycles. The largest absolute Gasteiger partial charge is 0.492 e. The third-order valence-corrected chi connectivity index (χ3v) is 5.61. The van der Waals surface area contributed by atoms with Crippen LogP contribution in [0.3, 0.4) is 0 Å². The number of para-hydroxylation sites is 1. The van der Waals surface area contributed by atoms with E-state index in [2.05, 4.69) is 36.2 Å². The molecule has 2 atom stereocenters. The summed E-state index contributed by atoms with van der Waals surface area (Å²) in [4.78, 5) is 15.4. The molecule has 1 amide bonds. The Bertz CT molecular complexity index is 746. The molecular weight excluding hydrogens is 348 g/mol. The van der Waals surface area contributed by atoms with Crippen LogP contribution in [0.5, 0.6) is 5.75 Å². The van der Waals surface area contributed by atoms with Gasteiger partial charge in [0.15, 0.2) is 0 Å². The summed E-state index contributed by atoms with van der Waals surface area (Å²) in [7, 11) is 0. The second-order valence-electron chi connectivity index (χ2n) is 8.47. The summed E-state index contributed by atoms with van der Waals surface area (Å²) in [5, 5.41) is 3.22. The maximum absolute atomic E-state index is 13.1. The number of rotatable bonds is 7. The van der Waals surface area contributed by atoms with E-state index in [-0.39, 0.29) is 23.4 Å². The summed E-state index contributed by atoms with van der Waals surface area (Å²) in [5.41, 5.74) is 1.30. The molecule has 2 aromatic rings. The molecule has 0 aliphatic carbocycles. The van der Waals surface area contributed by atoms with Gasteiger partial charge in [-0.15, -0.1) is 0 Å². The van der Waals surface area contributed by atoms with Gasteiger partial charge in [-0.25, -0.2) is 0 Å². The standard InChI is InChI=1S/C24H32N2O2/c1-19(20-10-6-4-7-11-20)25-23(27)22-18-24(2,3)14-15-26(22)16-17-28-21-12-8-5-9-13-21/h4-13,19,22H,14-18H2,1-3H3,(H,25,27)/t19?,22-/m1/s1. The van der Waals surface area contributed by atoms with Crippen molar-refractivity contribution in [2.75, 3.05) is 19.7 Å². The van der Waals surface area contributed by atoms with E-state index in [9.17, 15) is 4.79 Å². The number of likely N-dealkylation sites (tertiary alicyclic amines) is 1. The fourth-order valence-electron chi connectivity index (χ4n) is 3.81. The maximum atomic E-state index is 13.1. The van der Waals surface area contributed by atoms with Gasteiger partial charge in [0.2, 0.25) is 5.91 Å². The summed E-state index contributed by atoms with van der Waals surface area (Å²) in [6.07, 6.45) is 1.96. The second kappa shape index (κ2) is 9.24. The molecule has 1 heterocycles. The van der Waals surface area contributed by atoms with Gasteiger partial charge in [-0.05, 0) is 49.4 Å². The summed E-state index contributed by atoms with van der Waals surface area (Å²) in [6.45, 7) is 8.82. The molecule has 150 valence electrons. The average Bonchev–Trinajstić information content (AvgIpc) is 2.70. The summed E-state index contributed by atoms with van der Waals surface area (Å²) < 4.78 is 5.87. The molecule has 4 heteroatoms. The van der Waals surface area contributed by atoms with E-state index >= 15 is 0 Å². The zero-order valence-electron chi connectivity index (χ0n) is 17.2. The first-order chi connectivity index (χ1) is 13.4. The molecule has 2 aromatic carbocycles. The minimum atomic E-state index is -0.116. The number of benzene rings is 2. The second-order valence-corrected chi connectivity index (χ2v) is 8.47. The van der Waals surface area contributed by atoms with E-state index < -0.39 is 0 Å². The van der Waals surface area contributed by atoms with Gasteiger partial charge in [-0.3, -0.25) is 9.69 Å². The van der Waals surface area contributed by atoms with Crippen LogP contribution in [0.15, 0.2) is 60.7 Å². The minimum absolute atomic E-state index is 0.00107. The highest BCUT2D eigenvalue weighted by Crippen LogP contribution is 2.34. The van der Waals surface area contributed by atoms with Crippen molar-refractivity contribution < 1.29 is 9.53 Å². The number of nitrogens with one attached hydrogen (secondary N) is 1. The van der Waals surface area contributed by atoms with Crippen molar-refractivity contribution in [3.05, 3.63) is 66.2 Å². The number of amides is 1. The van der Waals surface area contributed by atoms with Crippen LogP contribution in [0.1, 0.15) is 45.2 Å². The molecule has 0 radical (unpaired) electrons. The van der Waals surface area contributed by atoms with Crippen molar-refractivity contribution in [3.8, 4) is 5.75 Å². The van der Waals surface area contributed by atoms with Crippen LogP contribution in [-0.4, -0.2) is 36.5 Å². The van der Waals surface area contributed by atoms with Crippen molar-refractivity contribution >= 4 is 5.91 Å². The first-order valence-corrected chi connectivity index (χ1v) is 10.2. The van der Waals surface area contributed by atoms with Gasteiger partial charge in [0, 0.05) is 6.54 Å². The number of ether oxygens (including phenoxy) is 1. The number of carbonyl (C=O) groups excluding carboxylic acids is 1. The van der Waals surface area contributed by atoms with Crippen LogP contribution in [0.4, 0.5) is 0 Å². The summed E-state index contributed by atoms with van der Waals surface area (Å²) in [6, 6.07) is 19.9. The van der Waals surface area contributed by atoms with E-state index in [1.54, 1.807) is 0 Å². The molecule has 1 N–H and O–H groups in total. The molecule has 0 bridgehead atoms. The van der Waals surface area contributed by atoms with Gasteiger partial charge in [0.25, 0.3) is 0 Å². The van der Waals surface area contributed by atoms with Crippen LogP contribution < -0.4 is 10.1 Å². The molecule has 0 spiro atoms. The third-order valence-electron chi connectivity index (χ3n) is 5.61. The number of carbonyl (C=O) groups is 1. The molecular formula is C24H32N2O2. The van der Waals surface area contributed by atoms with E-state index in [0.717, 1.165) is 37.2 Å². The predicted molar refractivity (Wildman–Crippen MR) is 113 cm³/mol. The van der Waals surface area contributed by atoms with Crippen LogP contribution in [0, 0.1) is 5.41 Å². The Balaban J connectivity index is 1.61. The molecule has 1 aliphatic heterocycles. The van der Waals surface area contributed by atoms with Crippen molar-refractivity contribution in [1.82, 2.24) is 10.2 Å². The zero-order valence-corrected chi connectivity index (χ0v) is 17.2. The number of hydrogen-bond donors (Lipinski definition) is 1. The Morgan fingerprint density at radius 1 is 1.14 bits per heavy atom. The Labute approximate surface area is 168 Å². The molecule has 1 fully saturated rings. The molecule has 1 aliphatic rings. The number of piperidine rings is 1.